The van der Waals surface area contributed by atoms with Gasteiger partial charge in [0, 0.05) is 12.6 Å². The Labute approximate surface area is 123 Å². The van der Waals surface area contributed by atoms with Gasteiger partial charge in [-0.25, -0.2) is 0 Å². The molecule has 1 amide bonds. The van der Waals surface area contributed by atoms with Crippen molar-refractivity contribution in [3.63, 3.8) is 0 Å². The van der Waals surface area contributed by atoms with Crippen LogP contribution in [0.25, 0.3) is 0 Å². The minimum Gasteiger partial charge on any atom is -0.489 e. The third-order valence-corrected chi connectivity index (χ3v) is 3.19. The molecule has 1 aliphatic rings. The summed E-state index contributed by atoms with van der Waals surface area (Å²) in [5.41, 5.74) is 0. The lowest BCUT2D eigenvalue weighted by atomic mass is 10.3. The van der Waals surface area contributed by atoms with Crippen molar-refractivity contribution in [3.8, 4) is 5.75 Å². The van der Waals surface area contributed by atoms with Crippen LogP contribution in [0, 0.1) is 0 Å². The van der Waals surface area contributed by atoms with Crippen LogP contribution in [-0.4, -0.2) is 42.9 Å². The number of nitrogens with one attached hydrogen (secondary N) is 2. The Bertz CT molecular complexity index is 452. The molecule has 3 N–H and O–H groups in total. The van der Waals surface area contributed by atoms with Crippen LogP contribution < -0.4 is 15.4 Å². The molecule has 0 saturated heterocycles. The first-order valence-electron chi connectivity index (χ1n) is 6.70. The predicted octanol–water partition coefficient (Wildman–Crippen LogP) is 0.948. The zero-order valence-corrected chi connectivity index (χ0v) is 11.9. The minimum atomic E-state index is -0.694. The van der Waals surface area contributed by atoms with Crippen molar-refractivity contribution in [2.75, 3.05) is 19.7 Å². The van der Waals surface area contributed by atoms with Gasteiger partial charge in [0.2, 0.25) is 5.91 Å². The molecular weight excluding hydrogens is 280 g/mol. The van der Waals surface area contributed by atoms with Crippen LogP contribution in [0.15, 0.2) is 24.3 Å². The van der Waals surface area contributed by atoms with Gasteiger partial charge in [-0.05, 0) is 25.0 Å². The summed E-state index contributed by atoms with van der Waals surface area (Å²) >= 11 is 5.93. The van der Waals surface area contributed by atoms with E-state index in [1.54, 1.807) is 12.1 Å². The Morgan fingerprint density at radius 2 is 2.20 bits per heavy atom. The van der Waals surface area contributed by atoms with Crippen molar-refractivity contribution in [1.29, 1.82) is 0 Å². The number of amides is 1. The number of hydrogen-bond acceptors (Lipinski definition) is 4. The summed E-state index contributed by atoms with van der Waals surface area (Å²) < 4.78 is 5.41. The van der Waals surface area contributed by atoms with Crippen LogP contribution in [-0.2, 0) is 4.79 Å². The van der Waals surface area contributed by atoms with E-state index in [1.165, 1.54) is 0 Å². The molecule has 2 rings (SSSR count). The number of benzene rings is 1. The summed E-state index contributed by atoms with van der Waals surface area (Å²) in [6, 6.07) is 7.45. The van der Waals surface area contributed by atoms with E-state index < -0.39 is 6.10 Å². The quantitative estimate of drug-likeness (QED) is 0.668. The third-order valence-electron chi connectivity index (χ3n) is 2.88. The number of hydrogen-bond donors (Lipinski definition) is 3. The number of rotatable bonds is 8. The smallest absolute Gasteiger partial charge is 0.234 e. The van der Waals surface area contributed by atoms with E-state index in [-0.39, 0.29) is 19.1 Å². The van der Waals surface area contributed by atoms with E-state index in [1.807, 2.05) is 12.1 Å². The van der Waals surface area contributed by atoms with E-state index in [0.29, 0.717) is 23.4 Å². The Hall–Kier alpha value is -1.30. The number of aliphatic hydroxyl groups is 1. The maximum absolute atomic E-state index is 11.4. The van der Waals surface area contributed by atoms with Crippen molar-refractivity contribution in [2.24, 2.45) is 0 Å². The van der Waals surface area contributed by atoms with E-state index in [0.717, 1.165) is 12.8 Å². The minimum absolute atomic E-state index is 0.0354. The second-order valence-corrected chi connectivity index (χ2v) is 5.28. The normalized spacial score (nSPS) is 15.7. The first-order chi connectivity index (χ1) is 9.65. The third kappa shape index (κ3) is 5.36. The molecule has 1 aliphatic carbocycles. The molecule has 0 aromatic heterocycles. The van der Waals surface area contributed by atoms with Crippen LogP contribution in [0.2, 0.25) is 5.02 Å². The zero-order valence-electron chi connectivity index (χ0n) is 11.1. The fourth-order valence-corrected chi connectivity index (χ4v) is 1.86. The lowest BCUT2D eigenvalue weighted by Gasteiger charge is -2.14. The second-order valence-electron chi connectivity index (χ2n) is 4.87. The summed E-state index contributed by atoms with van der Waals surface area (Å²) in [6.07, 6.45) is 1.44. The average Bonchev–Trinajstić information content (AvgIpc) is 3.21. The molecule has 1 unspecified atom stereocenters. The van der Waals surface area contributed by atoms with E-state index in [4.69, 9.17) is 16.3 Å². The fraction of sp³-hybridized carbons (Fsp3) is 0.500. The summed E-state index contributed by atoms with van der Waals surface area (Å²) in [4.78, 5) is 11.4. The largest absolute Gasteiger partial charge is 0.489 e. The van der Waals surface area contributed by atoms with Crippen molar-refractivity contribution in [1.82, 2.24) is 10.6 Å². The topological polar surface area (TPSA) is 70.6 Å². The molecule has 0 spiro atoms. The van der Waals surface area contributed by atoms with E-state index in [9.17, 15) is 9.90 Å². The monoisotopic (exact) mass is 298 g/mol. The van der Waals surface area contributed by atoms with E-state index >= 15 is 0 Å². The van der Waals surface area contributed by atoms with Gasteiger partial charge in [0.15, 0.2) is 0 Å². The predicted molar refractivity (Wildman–Crippen MR) is 77.0 cm³/mol. The number of para-hydroxylation sites is 1. The van der Waals surface area contributed by atoms with Crippen LogP contribution >= 0.6 is 11.6 Å². The maximum Gasteiger partial charge on any atom is 0.234 e. The fourth-order valence-electron chi connectivity index (χ4n) is 1.67. The standard InChI is InChI=1S/C14H19ClN2O3/c15-12-3-1-2-4-13(12)20-9-11(18)7-16-8-14(19)17-10-5-6-10/h1-4,10-11,16,18H,5-9H2,(H,17,19). The number of ether oxygens (including phenoxy) is 1. The van der Waals surface area contributed by atoms with Gasteiger partial charge in [0.05, 0.1) is 11.6 Å². The second kappa shape index (κ2) is 7.47. The lowest BCUT2D eigenvalue weighted by molar-refractivity contribution is -0.120. The highest BCUT2D eigenvalue weighted by Crippen LogP contribution is 2.23. The van der Waals surface area contributed by atoms with Crippen molar-refractivity contribution in [3.05, 3.63) is 29.3 Å². The maximum atomic E-state index is 11.4. The molecule has 1 aromatic carbocycles. The van der Waals surface area contributed by atoms with Crippen LogP contribution in [0.5, 0.6) is 5.75 Å². The van der Waals surface area contributed by atoms with Crippen LogP contribution in [0.3, 0.4) is 0 Å². The van der Waals surface area contributed by atoms with Crippen molar-refractivity contribution < 1.29 is 14.6 Å². The highest BCUT2D eigenvalue weighted by Gasteiger charge is 2.22. The SMILES string of the molecule is O=C(CNCC(O)COc1ccccc1Cl)NC1CC1. The Morgan fingerprint density at radius 1 is 1.45 bits per heavy atom. The van der Waals surface area contributed by atoms with Gasteiger partial charge < -0.3 is 20.5 Å². The summed E-state index contributed by atoms with van der Waals surface area (Å²) in [5.74, 6) is 0.506. The molecule has 110 valence electrons. The molecule has 1 atom stereocenters. The van der Waals surface area contributed by atoms with Gasteiger partial charge in [-0.15, -0.1) is 0 Å². The molecule has 1 aromatic rings. The van der Waals surface area contributed by atoms with Gasteiger partial charge in [0.25, 0.3) is 0 Å². The Balaban J connectivity index is 1.59. The Morgan fingerprint density at radius 3 is 2.90 bits per heavy atom. The molecular formula is C14H19ClN2O3. The summed E-state index contributed by atoms with van der Waals surface area (Å²) in [7, 11) is 0. The first kappa shape index (κ1) is 15.1. The Kier molecular flexibility index (Phi) is 5.64. The van der Waals surface area contributed by atoms with Crippen molar-refractivity contribution >= 4 is 17.5 Å². The highest BCUT2D eigenvalue weighted by molar-refractivity contribution is 6.32. The van der Waals surface area contributed by atoms with Crippen LogP contribution in [0.1, 0.15) is 12.8 Å². The van der Waals surface area contributed by atoms with Gasteiger partial charge in [-0.3, -0.25) is 4.79 Å². The molecule has 0 aliphatic heterocycles. The van der Waals surface area contributed by atoms with Crippen molar-refractivity contribution in [2.45, 2.75) is 25.0 Å². The number of halogens is 1. The molecule has 0 radical (unpaired) electrons. The molecule has 1 saturated carbocycles. The number of aliphatic hydroxyl groups excluding tert-OH is 1. The van der Waals surface area contributed by atoms with Gasteiger partial charge in [-0.2, -0.15) is 0 Å². The van der Waals surface area contributed by atoms with E-state index in [2.05, 4.69) is 10.6 Å². The highest BCUT2D eigenvalue weighted by atomic mass is 35.5. The van der Waals surface area contributed by atoms with Gasteiger partial charge in [0.1, 0.15) is 18.5 Å². The lowest BCUT2D eigenvalue weighted by Crippen LogP contribution is -2.39. The van der Waals surface area contributed by atoms with Crippen LogP contribution in [0.4, 0.5) is 0 Å². The number of carbonyl (C=O) groups is 1. The van der Waals surface area contributed by atoms with Gasteiger partial charge in [-0.1, -0.05) is 23.7 Å². The van der Waals surface area contributed by atoms with Gasteiger partial charge >= 0.3 is 0 Å². The molecule has 1 fully saturated rings. The molecule has 6 heteroatoms. The zero-order chi connectivity index (χ0) is 14.4. The molecule has 0 bridgehead atoms. The summed E-state index contributed by atoms with van der Waals surface area (Å²) in [5, 5.41) is 16.0. The first-order valence-corrected chi connectivity index (χ1v) is 7.08. The summed E-state index contributed by atoms with van der Waals surface area (Å²) in [6.45, 7) is 0.628. The molecule has 0 heterocycles. The molecule has 20 heavy (non-hydrogen) atoms. The molecule has 5 nitrogen and oxygen atoms in total. The average molecular weight is 299 g/mol. The number of carbonyl (C=O) groups excluding carboxylic acids is 1.